The summed E-state index contributed by atoms with van der Waals surface area (Å²) in [6, 6.07) is 5.48. The highest BCUT2D eigenvalue weighted by Crippen LogP contribution is 2.28. The summed E-state index contributed by atoms with van der Waals surface area (Å²) in [5, 5.41) is 3.07. The fourth-order valence-corrected chi connectivity index (χ4v) is 2.90. The lowest BCUT2D eigenvalue weighted by Gasteiger charge is -2.28. The van der Waals surface area contributed by atoms with Crippen molar-refractivity contribution >= 4 is 24.0 Å². The van der Waals surface area contributed by atoms with Gasteiger partial charge in [0.25, 0.3) is 5.91 Å². The van der Waals surface area contributed by atoms with Gasteiger partial charge in [-0.2, -0.15) is 0 Å². The first-order valence-electron chi connectivity index (χ1n) is 7.22. The number of hydrogen-bond donors (Lipinski definition) is 2. The molecule has 20 heavy (non-hydrogen) atoms. The molecule has 2 unspecified atom stereocenters. The Hall–Kier alpha value is -1.22. The van der Waals surface area contributed by atoms with Crippen LogP contribution in [0.5, 0.6) is 0 Å². The molecule has 1 aromatic rings. The van der Waals surface area contributed by atoms with E-state index in [4.69, 9.17) is 5.73 Å². The topological polar surface area (TPSA) is 55.1 Å². The number of anilines is 1. The van der Waals surface area contributed by atoms with Crippen molar-refractivity contribution in [1.82, 2.24) is 5.32 Å². The van der Waals surface area contributed by atoms with Gasteiger partial charge in [0.2, 0.25) is 0 Å². The Morgan fingerprint density at radius 2 is 2.05 bits per heavy atom. The van der Waals surface area contributed by atoms with Gasteiger partial charge >= 0.3 is 0 Å². The Bertz CT molecular complexity index is 462. The van der Waals surface area contributed by atoms with E-state index in [1.165, 1.54) is 25.7 Å². The number of carbonyl (C=O) groups excluding carboxylic acids is 1. The van der Waals surface area contributed by atoms with E-state index < -0.39 is 0 Å². The van der Waals surface area contributed by atoms with Gasteiger partial charge < -0.3 is 11.1 Å². The van der Waals surface area contributed by atoms with Crippen LogP contribution in [0.15, 0.2) is 18.2 Å². The Morgan fingerprint density at radius 1 is 1.35 bits per heavy atom. The third kappa shape index (κ3) is 4.14. The Kier molecular flexibility index (Phi) is 6.34. The Balaban J connectivity index is 0.00000200. The van der Waals surface area contributed by atoms with Crippen LogP contribution in [0.3, 0.4) is 0 Å². The zero-order chi connectivity index (χ0) is 13.8. The summed E-state index contributed by atoms with van der Waals surface area (Å²) in [6.07, 6.45) is 5.15. The maximum absolute atomic E-state index is 12.2. The zero-order valence-corrected chi connectivity index (χ0v) is 13.1. The van der Waals surface area contributed by atoms with Gasteiger partial charge in [-0.15, -0.1) is 12.4 Å². The molecule has 1 amide bonds. The van der Waals surface area contributed by atoms with Crippen molar-refractivity contribution in [1.29, 1.82) is 0 Å². The number of halogens is 1. The van der Waals surface area contributed by atoms with E-state index in [9.17, 15) is 4.79 Å². The molecule has 1 aliphatic rings. The van der Waals surface area contributed by atoms with Gasteiger partial charge in [-0.1, -0.05) is 32.3 Å². The molecule has 0 bridgehead atoms. The molecular weight excluding hydrogens is 272 g/mol. The van der Waals surface area contributed by atoms with Gasteiger partial charge in [0.15, 0.2) is 0 Å². The predicted molar refractivity (Wildman–Crippen MR) is 86.3 cm³/mol. The molecule has 2 rings (SSSR count). The first-order valence-corrected chi connectivity index (χ1v) is 7.22. The Morgan fingerprint density at radius 3 is 2.75 bits per heavy atom. The summed E-state index contributed by atoms with van der Waals surface area (Å²) in [5.41, 5.74) is 8.06. The molecule has 0 heterocycles. The molecule has 1 aliphatic carbocycles. The van der Waals surface area contributed by atoms with Crippen LogP contribution in [0.25, 0.3) is 0 Å². The number of rotatable bonds is 3. The molecule has 1 fully saturated rings. The van der Waals surface area contributed by atoms with E-state index in [0.717, 1.165) is 18.0 Å². The van der Waals surface area contributed by atoms with Gasteiger partial charge in [-0.3, -0.25) is 4.79 Å². The van der Waals surface area contributed by atoms with Crippen LogP contribution in [-0.4, -0.2) is 12.5 Å². The fourth-order valence-electron chi connectivity index (χ4n) is 2.90. The number of carbonyl (C=O) groups is 1. The standard InChI is InChI=1S/C16H24N2O.ClH/c1-11-5-3-4-6-13(11)10-18-16(19)15-9-14(17)8-7-12(15)2;/h7-9,11,13H,3-6,10,17H2,1-2H3,(H,18,19);1H. The molecule has 0 spiro atoms. The predicted octanol–water partition coefficient (Wildman–Crippen LogP) is 3.56. The van der Waals surface area contributed by atoms with E-state index in [0.29, 0.717) is 17.2 Å². The van der Waals surface area contributed by atoms with Gasteiger partial charge in [-0.05, 0) is 42.9 Å². The fraction of sp³-hybridized carbons (Fsp3) is 0.562. The van der Waals surface area contributed by atoms with Gasteiger partial charge in [0.1, 0.15) is 0 Å². The van der Waals surface area contributed by atoms with Crippen LogP contribution < -0.4 is 11.1 Å². The Labute approximate surface area is 127 Å². The van der Waals surface area contributed by atoms with Gasteiger partial charge in [-0.25, -0.2) is 0 Å². The van der Waals surface area contributed by atoms with Crippen LogP contribution in [0.1, 0.15) is 48.5 Å². The second-order valence-electron chi connectivity index (χ2n) is 5.81. The molecule has 0 aliphatic heterocycles. The normalized spacial score (nSPS) is 21.9. The van der Waals surface area contributed by atoms with E-state index in [-0.39, 0.29) is 18.3 Å². The minimum atomic E-state index is 0. The van der Waals surface area contributed by atoms with E-state index in [1.54, 1.807) is 6.07 Å². The molecule has 1 aromatic carbocycles. The number of benzene rings is 1. The monoisotopic (exact) mass is 296 g/mol. The van der Waals surface area contributed by atoms with Gasteiger partial charge in [0, 0.05) is 17.8 Å². The van der Waals surface area contributed by atoms with Crippen molar-refractivity contribution in [3.63, 3.8) is 0 Å². The molecular formula is C16H25ClN2O. The smallest absolute Gasteiger partial charge is 0.251 e. The number of aryl methyl sites for hydroxylation is 1. The summed E-state index contributed by atoms with van der Waals surface area (Å²) >= 11 is 0. The summed E-state index contributed by atoms with van der Waals surface area (Å²) in [4.78, 5) is 12.2. The van der Waals surface area contributed by atoms with Crippen LogP contribution >= 0.6 is 12.4 Å². The quantitative estimate of drug-likeness (QED) is 0.838. The summed E-state index contributed by atoms with van der Waals surface area (Å²) in [6.45, 7) is 5.02. The second-order valence-corrected chi connectivity index (χ2v) is 5.81. The molecule has 4 heteroatoms. The highest BCUT2D eigenvalue weighted by atomic mass is 35.5. The molecule has 0 aromatic heterocycles. The van der Waals surface area contributed by atoms with E-state index >= 15 is 0 Å². The van der Waals surface area contributed by atoms with Crippen LogP contribution in [0.4, 0.5) is 5.69 Å². The molecule has 112 valence electrons. The molecule has 1 saturated carbocycles. The number of amides is 1. The zero-order valence-electron chi connectivity index (χ0n) is 12.3. The molecule has 3 nitrogen and oxygen atoms in total. The highest BCUT2D eigenvalue weighted by Gasteiger charge is 2.22. The third-order valence-corrected chi connectivity index (χ3v) is 4.32. The maximum atomic E-state index is 12.2. The summed E-state index contributed by atoms with van der Waals surface area (Å²) in [5.74, 6) is 1.35. The lowest BCUT2D eigenvalue weighted by atomic mass is 9.80. The SMILES string of the molecule is Cc1ccc(N)cc1C(=O)NCC1CCCCC1C.Cl. The first-order chi connectivity index (χ1) is 9.08. The molecule has 0 saturated heterocycles. The van der Waals surface area contributed by atoms with Crippen LogP contribution in [-0.2, 0) is 0 Å². The second kappa shape index (κ2) is 7.53. The summed E-state index contributed by atoms with van der Waals surface area (Å²) < 4.78 is 0. The van der Waals surface area contributed by atoms with Crippen molar-refractivity contribution < 1.29 is 4.79 Å². The lowest BCUT2D eigenvalue weighted by Crippen LogP contribution is -2.33. The van der Waals surface area contributed by atoms with Gasteiger partial charge in [0.05, 0.1) is 0 Å². The largest absolute Gasteiger partial charge is 0.399 e. The summed E-state index contributed by atoms with van der Waals surface area (Å²) in [7, 11) is 0. The average molecular weight is 297 g/mol. The van der Waals surface area contributed by atoms with E-state index in [1.807, 2.05) is 19.1 Å². The molecule has 0 radical (unpaired) electrons. The van der Waals surface area contributed by atoms with Crippen molar-refractivity contribution in [2.24, 2.45) is 11.8 Å². The number of nitrogen functional groups attached to an aromatic ring is 1. The average Bonchev–Trinajstić information content (AvgIpc) is 2.40. The van der Waals surface area contributed by atoms with Crippen molar-refractivity contribution in [2.45, 2.75) is 39.5 Å². The minimum Gasteiger partial charge on any atom is -0.399 e. The van der Waals surface area contributed by atoms with E-state index in [2.05, 4.69) is 12.2 Å². The minimum absolute atomic E-state index is 0. The number of hydrogen-bond acceptors (Lipinski definition) is 2. The van der Waals surface area contributed by atoms with Crippen molar-refractivity contribution in [2.75, 3.05) is 12.3 Å². The maximum Gasteiger partial charge on any atom is 0.251 e. The molecule has 2 atom stereocenters. The molecule has 3 N–H and O–H groups in total. The van der Waals surface area contributed by atoms with Crippen molar-refractivity contribution in [3.8, 4) is 0 Å². The lowest BCUT2D eigenvalue weighted by molar-refractivity contribution is 0.0936. The number of nitrogens with two attached hydrogens (primary N) is 1. The third-order valence-electron chi connectivity index (χ3n) is 4.32. The van der Waals surface area contributed by atoms with Crippen molar-refractivity contribution in [3.05, 3.63) is 29.3 Å². The van der Waals surface area contributed by atoms with Crippen LogP contribution in [0.2, 0.25) is 0 Å². The first kappa shape index (κ1) is 16.8. The number of nitrogens with one attached hydrogen (secondary N) is 1. The van der Waals surface area contributed by atoms with Crippen LogP contribution in [0, 0.1) is 18.8 Å². The highest BCUT2D eigenvalue weighted by molar-refractivity contribution is 5.96.